The molecule has 2 atom stereocenters. The molecule has 2 aromatic rings. The van der Waals surface area contributed by atoms with Crippen LogP contribution in [0.2, 0.25) is 0 Å². The third kappa shape index (κ3) is 4.82. The number of carbonyl (C=O) groups is 1. The first-order valence-corrected chi connectivity index (χ1v) is 9.51. The van der Waals surface area contributed by atoms with E-state index in [0.717, 1.165) is 30.8 Å². The molecule has 0 radical (unpaired) electrons. The van der Waals surface area contributed by atoms with Crippen molar-refractivity contribution in [1.82, 2.24) is 10.2 Å². The number of amides is 1. The number of hydrogen-bond acceptors (Lipinski definition) is 3. The number of benzene rings is 2. The van der Waals surface area contributed by atoms with E-state index in [2.05, 4.69) is 30.4 Å². The zero-order chi connectivity index (χ0) is 17.9. The molecule has 4 rings (SSSR count). The van der Waals surface area contributed by atoms with Crippen LogP contribution >= 0.6 is 12.4 Å². The fraction of sp³-hybridized carbons (Fsp3) is 0.409. The number of nitrogens with zero attached hydrogens (tertiary/aromatic N) is 1. The van der Waals surface area contributed by atoms with Crippen LogP contribution in [0.4, 0.5) is 0 Å². The van der Waals surface area contributed by atoms with Gasteiger partial charge in [-0.15, -0.1) is 12.4 Å². The van der Waals surface area contributed by atoms with Crippen LogP contribution in [-0.4, -0.2) is 36.0 Å². The maximum absolute atomic E-state index is 12.9. The number of nitrogens with one attached hydrogen (secondary N) is 1. The number of hydrogen-bond donors (Lipinski definition) is 1. The highest BCUT2D eigenvalue weighted by Crippen LogP contribution is 2.23. The molecule has 0 saturated carbocycles. The summed E-state index contributed by atoms with van der Waals surface area (Å²) in [5, 5.41) is 3.62. The molecule has 2 aromatic carbocycles. The summed E-state index contributed by atoms with van der Waals surface area (Å²) in [4.78, 5) is 14.9. The molecule has 1 amide bonds. The van der Waals surface area contributed by atoms with Crippen LogP contribution in [0.25, 0.3) is 0 Å². The molecule has 5 heteroatoms. The van der Waals surface area contributed by atoms with Crippen molar-refractivity contribution in [3.63, 3.8) is 0 Å². The Morgan fingerprint density at radius 1 is 1.11 bits per heavy atom. The first kappa shape index (κ1) is 19.7. The molecule has 4 nitrogen and oxygen atoms in total. The van der Waals surface area contributed by atoms with Gasteiger partial charge in [0.1, 0.15) is 12.4 Å². The Balaban J connectivity index is 0.00000210. The van der Waals surface area contributed by atoms with Gasteiger partial charge in [-0.2, -0.15) is 0 Å². The van der Waals surface area contributed by atoms with Gasteiger partial charge in [0.15, 0.2) is 0 Å². The zero-order valence-corrected chi connectivity index (χ0v) is 16.5. The molecule has 0 aromatic heterocycles. The predicted octanol–water partition coefficient (Wildman–Crippen LogP) is 3.96. The van der Waals surface area contributed by atoms with E-state index < -0.39 is 0 Å². The van der Waals surface area contributed by atoms with Gasteiger partial charge in [0.2, 0.25) is 0 Å². The summed E-state index contributed by atoms with van der Waals surface area (Å²) in [5.74, 6) is 0.854. The molecular formula is C22H27ClN2O2. The lowest BCUT2D eigenvalue weighted by Gasteiger charge is -2.24. The van der Waals surface area contributed by atoms with Crippen LogP contribution in [0, 0.1) is 6.92 Å². The lowest BCUT2D eigenvalue weighted by atomic mass is 10.1. The molecule has 2 heterocycles. The Hall–Kier alpha value is -2.04. The van der Waals surface area contributed by atoms with E-state index in [1.807, 2.05) is 35.2 Å². The largest absolute Gasteiger partial charge is 0.489 e. The minimum atomic E-state index is 0. The minimum absolute atomic E-state index is 0. The van der Waals surface area contributed by atoms with E-state index in [1.165, 1.54) is 18.4 Å². The molecule has 2 aliphatic rings. The van der Waals surface area contributed by atoms with Gasteiger partial charge >= 0.3 is 0 Å². The summed E-state index contributed by atoms with van der Waals surface area (Å²) >= 11 is 0. The molecule has 2 bridgehead atoms. The van der Waals surface area contributed by atoms with E-state index >= 15 is 0 Å². The monoisotopic (exact) mass is 386 g/mol. The molecule has 2 unspecified atom stereocenters. The first-order valence-electron chi connectivity index (χ1n) is 9.51. The average molecular weight is 387 g/mol. The topological polar surface area (TPSA) is 41.6 Å². The summed E-state index contributed by atoms with van der Waals surface area (Å²) in [5.41, 5.74) is 3.07. The van der Waals surface area contributed by atoms with Crippen molar-refractivity contribution in [2.75, 3.05) is 13.1 Å². The van der Waals surface area contributed by atoms with Crippen molar-refractivity contribution >= 4 is 18.3 Å². The van der Waals surface area contributed by atoms with Gasteiger partial charge in [0.05, 0.1) is 0 Å². The van der Waals surface area contributed by atoms with Crippen LogP contribution < -0.4 is 10.1 Å². The lowest BCUT2D eigenvalue weighted by Crippen LogP contribution is -2.39. The van der Waals surface area contributed by atoms with Crippen LogP contribution in [0.3, 0.4) is 0 Å². The summed E-state index contributed by atoms with van der Waals surface area (Å²) in [6.45, 7) is 4.23. The Morgan fingerprint density at radius 3 is 2.78 bits per heavy atom. The van der Waals surface area contributed by atoms with E-state index in [1.54, 1.807) is 0 Å². The van der Waals surface area contributed by atoms with Gasteiger partial charge < -0.3 is 15.0 Å². The second-order valence-corrected chi connectivity index (χ2v) is 7.48. The highest BCUT2D eigenvalue weighted by molar-refractivity contribution is 5.94. The number of ether oxygens (including phenoxy) is 1. The van der Waals surface area contributed by atoms with Gasteiger partial charge in [-0.3, -0.25) is 4.79 Å². The maximum Gasteiger partial charge on any atom is 0.254 e. The summed E-state index contributed by atoms with van der Waals surface area (Å²) < 4.78 is 5.92. The standard InChI is InChI=1S/C22H26N2O2.ClH/c1-16-4-2-5-17(12-16)15-26-21-7-3-6-18(13-21)22(25)24-11-10-19-8-9-20(14-24)23-19;/h2-7,12-13,19-20,23H,8-11,14-15H2,1H3;1H. The highest BCUT2D eigenvalue weighted by atomic mass is 35.5. The first-order chi connectivity index (χ1) is 12.7. The number of aryl methyl sites for hydroxylation is 1. The number of likely N-dealkylation sites (tertiary alicyclic amines) is 1. The van der Waals surface area contributed by atoms with Crippen molar-refractivity contribution < 1.29 is 9.53 Å². The number of carbonyl (C=O) groups excluding carboxylic acids is 1. The number of fused-ring (bicyclic) bond motifs is 2. The summed E-state index contributed by atoms with van der Waals surface area (Å²) in [6, 6.07) is 16.9. The fourth-order valence-electron chi connectivity index (χ4n) is 4.00. The van der Waals surface area contributed by atoms with Crippen molar-refractivity contribution in [3.05, 3.63) is 65.2 Å². The molecule has 2 fully saturated rings. The Bertz CT molecular complexity index is 795. The maximum atomic E-state index is 12.9. The second-order valence-electron chi connectivity index (χ2n) is 7.48. The van der Waals surface area contributed by atoms with Gasteiger partial charge in [-0.25, -0.2) is 0 Å². The van der Waals surface area contributed by atoms with Crippen molar-refractivity contribution in [2.24, 2.45) is 0 Å². The van der Waals surface area contributed by atoms with Crippen LogP contribution in [-0.2, 0) is 6.61 Å². The number of halogens is 1. The van der Waals surface area contributed by atoms with E-state index in [4.69, 9.17) is 4.74 Å². The Labute approximate surface area is 167 Å². The van der Waals surface area contributed by atoms with E-state index in [-0.39, 0.29) is 18.3 Å². The van der Waals surface area contributed by atoms with Crippen molar-refractivity contribution in [1.29, 1.82) is 0 Å². The van der Waals surface area contributed by atoms with E-state index in [9.17, 15) is 4.79 Å². The van der Waals surface area contributed by atoms with Gasteiger partial charge in [-0.05, 0) is 49.9 Å². The van der Waals surface area contributed by atoms with Crippen LogP contribution in [0.1, 0.15) is 40.7 Å². The predicted molar refractivity (Wildman–Crippen MR) is 110 cm³/mol. The molecule has 144 valence electrons. The lowest BCUT2D eigenvalue weighted by molar-refractivity contribution is 0.0747. The normalized spacial score (nSPS) is 21.3. The fourth-order valence-corrected chi connectivity index (χ4v) is 4.00. The van der Waals surface area contributed by atoms with Crippen LogP contribution in [0.5, 0.6) is 5.75 Å². The van der Waals surface area contributed by atoms with Gasteiger partial charge in [-0.1, -0.05) is 35.9 Å². The highest BCUT2D eigenvalue weighted by Gasteiger charge is 2.31. The number of rotatable bonds is 4. The smallest absolute Gasteiger partial charge is 0.254 e. The van der Waals surface area contributed by atoms with Gasteiger partial charge in [0, 0.05) is 30.7 Å². The summed E-state index contributed by atoms with van der Waals surface area (Å²) in [7, 11) is 0. The van der Waals surface area contributed by atoms with Crippen molar-refractivity contribution in [2.45, 2.75) is 44.9 Å². The quantitative estimate of drug-likeness (QED) is 0.864. The Kier molecular flexibility index (Phi) is 6.40. The molecule has 1 N–H and O–H groups in total. The third-order valence-corrected chi connectivity index (χ3v) is 5.38. The molecule has 2 saturated heterocycles. The summed E-state index contributed by atoms with van der Waals surface area (Å²) in [6.07, 6.45) is 3.47. The molecule has 0 spiro atoms. The molecule has 0 aliphatic carbocycles. The Morgan fingerprint density at radius 2 is 1.93 bits per heavy atom. The average Bonchev–Trinajstić information content (AvgIpc) is 2.98. The van der Waals surface area contributed by atoms with Crippen molar-refractivity contribution in [3.8, 4) is 5.75 Å². The molecular weight excluding hydrogens is 360 g/mol. The third-order valence-electron chi connectivity index (χ3n) is 5.38. The second kappa shape index (κ2) is 8.77. The van der Waals surface area contributed by atoms with Crippen LogP contribution in [0.15, 0.2) is 48.5 Å². The molecule has 27 heavy (non-hydrogen) atoms. The zero-order valence-electron chi connectivity index (χ0n) is 15.7. The SMILES string of the molecule is Cc1cccc(COc2cccc(C(=O)N3CCC4CCC(C3)N4)c2)c1.Cl. The van der Waals surface area contributed by atoms with Gasteiger partial charge in [0.25, 0.3) is 5.91 Å². The van der Waals surface area contributed by atoms with E-state index in [0.29, 0.717) is 24.3 Å². The minimum Gasteiger partial charge on any atom is -0.489 e. The molecule has 2 aliphatic heterocycles.